The molecule has 0 aliphatic carbocycles. The number of nitrogens with one attached hydrogen (secondary N) is 3. The van der Waals surface area contributed by atoms with Crippen molar-refractivity contribution >= 4 is 34.6 Å². The van der Waals surface area contributed by atoms with Crippen LogP contribution in [0.4, 0.5) is 14.9 Å². The van der Waals surface area contributed by atoms with Crippen molar-refractivity contribution in [2.24, 2.45) is 5.92 Å². The lowest BCUT2D eigenvalue weighted by atomic mass is 10.1. The summed E-state index contributed by atoms with van der Waals surface area (Å²) in [7, 11) is 4.65. The van der Waals surface area contributed by atoms with E-state index >= 15 is 0 Å². The van der Waals surface area contributed by atoms with Gasteiger partial charge >= 0.3 is 6.09 Å². The fourth-order valence-corrected chi connectivity index (χ4v) is 4.22. The highest BCUT2D eigenvalue weighted by atomic mass is 19.1. The van der Waals surface area contributed by atoms with Crippen molar-refractivity contribution in [3.8, 4) is 0 Å². The van der Waals surface area contributed by atoms with Crippen LogP contribution in [0.5, 0.6) is 0 Å². The van der Waals surface area contributed by atoms with Crippen LogP contribution in [0.25, 0.3) is 11.0 Å². The monoisotopic (exact) mass is 585 g/mol. The Bertz CT molecular complexity index is 1530. The molecule has 4 N–H and O–H groups in total. The van der Waals surface area contributed by atoms with Gasteiger partial charge in [0.15, 0.2) is 5.82 Å². The number of methoxy groups -OCH3 is 1. The van der Waals surface area contributed by atoms with Crippen LogP contribution in [-0.2, 0) is 33.9 Å². The Balaban J connectivity index is 1.89. The third kappa shape index (κ3) is 8.22. The van der Waals surface area contributed by atoms with Crippen molar-refractivity contribution in [3.05, 3.63) is 63.9 Å². The zero-order chi connectivity index (χ0) is 31.0. The number of H-pyrrole nitrogens is 1. The Morgan fingerprint density at radius 2 is 2.00 bits per heavy atom. The molecule has 3 amide bonds. The molecule has 1 atom stereocenters. The molecule has 3 aromatic rings. The first-order valence-electron chi connectivity index (χ1n) is 13.3. The third-order valence-corrected chi connectivity index (χ3v) is 6.26. The Labute approximate surface area is 241 Å². The van der Waals surface area contributed by atoms with Gasteiger partial charge < -0.3 is 34.9 Å². The number of pyridine rings is 2. The normalized spacial score (nSPS) is 12.2. The highest BCUT2D eigenvalue weighted by Gasteiger charge is 2.22. The lowest BCUT2D eigenvalue weighted by Gasteiger charge is -2.17. The van der Waals surface area contributed by atoms with E-state index in [9.17, 15) is 28.7 Å². The van der Waals surface area contributed by atoms with E-state index in [-0.39, 0.29) is 49.0 Å². The molecule has 3 aromatic heterocycles. The van der Waals surface area contributed by atoms with E-state index in [1.807, 2.05) is 13.8 Å². The van der Waals surface area contributed by atoms with Gasteiger partial charge in [-0.15, -0.1) is 0 Å². The summed E-state index contributed by atoms with van der Waals surface area (Å²) < 4.78 is 21.1. The van der Waals surface area contributed by atoms with Gasteiger partial charge in [-0.1, -0.05) is 19.9 Å². The van der Waals surface area contributed by atoms with Crippen LogP contribution in [0.2, 0.25) is 0 Å². The van der Waals surface area contributed by atoms with E-state index in [0.29, 0.717) is 29.1 Å². The van der Waals surface area contributed by atoms with Crippen molar-refractivity contribution in [2.75, 3.05) is 26.5 Å². The molecule has 0 saturated heterocycles. The van der Waals surface area contributed by atoms with Crippen LogP contribution in [0.1, 0.15) is 43.9 Å². The number of halogens is 1. The predicted octanol–water partition coefficient (Wildman–Crippen LogP) is 2.65. The number of carboxylic acid groups (broad SMARTS) is 1. The molecule has 13 nitrogen and oxygen atoms in total. The van der Waals surface area contributed by atoms with Gasteiger partial charge in [0.25, 0.3) is 5.56 Å². The Hall–Kier alpha value is -4.59. The molecule has 0 aliphatic heterocycles. The minimum atomic E-state index is -1.42. The van der Waals surface area contributed by atoms with Crippen molar-refractivity contribution in [3.63, 3.8) is 0 Å². The molecule has 0 radical (unpaired) electrons. The summed E-state index contributed by atoms with van der Waals surface area (Å²) in [5, 5.41) is 13.9. The molecule has 0 fully saturated rings. The fourth-order valence-electron chi connectivity index (χ4n) is 4.22. The van der Waals surface area contributed by atoms with Gasteiger partial charge in [-0.25, -0.2) is 14.2 Å². The van der Waals surface area contributed by atoms with Crippen LogP contribution in [0, 0.1) is 11.7 Å². The summed E-state index contributed by atoms with van der Waals surface area (Å²) in [6, 6.07) is 1.80. The number of rotatable bonds is 13. The number of hydrogen-bond donors (Lipinski definition) is 4. The van der Waals surface area contributed by atoms with E-state index in [1.54, 1.807) is 20.2 Å². The number of fused-ring (bicyclic) bond motifs is 1. The smallest absolute Gasteiger partial charge is 0.405 e. The molecular weight excluding hydrogens is 549 g/mol. The van der Waals surface area contributed by atoms with Gasteiger partial charge in [0, 0.05) is 26.9 Å². The average Bonchev–Trinajstić information content (AvgIpc) is 3.35. The van der Waals surface area contributed by atoms with Crippen molar-refractivity contribution in [2.45, 2.75) is 52.3 Å². The second kappa shape index (κ2) is 14.3. The number of anilines is 1. The molecule has 0 aromatic carbocycles. The first-order valence-corrected chi connectivity index (χ1v) is 13.3. The van der Waals surface area contributed by atoms with Crippen LogP contribution in [-0.4, -0.2) is 74.7 Å². The second-order valence-corrected chi connectivity index (χ2v) is 10.3. The number of imidazole rings is 1. The zero-order valence-corrected chi connectivity index (χ0v) is 24.2. The number of nitrogens with zero attached hydrogens (tertiary/aromatic N) is 4. The lowest BCUT2D eigenvalue weighted by molar-refractivity contribution is -0.123. The van der Waals surface area contributed by atoms with E-state index in [1.165, 1.54) is 34.8 Å². The van der Waals surface area contributed by atoms with Gasteiger partial charge in [0.1, 0.15) is 23.1 Å². The van der Waals surface area contributed by atoms with Crippen molar-refractivity contribution in [1.82, 2.24) is 29.7 Å². The number of carbonyl (C=O) groups is 3. The number of carbonyl (C=O) groups excluding carboxylic acids is 2. The van der Waals surface area contributed by atoms with Gasteiger partial charge in [-0.05, 0) is 43.4 Å². The molecule has 226 valence electrons. The van der Waals surface area contributed by atoms with Crippen LogP contribution in [0.3, 0.4) is 0 Å². The van der Waals surface area contributed by atoms with E-state index < -0.39 is 29.4 Å². The fraction of sp³-hybridized carbons (Fsp3) is 0.429. The number of aromatic nitrogens is 4. The molecule has 14 heteroatoms. The second-order valence-electron chi connectivity index (χ2n) is 10.3. The number of amides is 3. The SMILES string of the molecule is COCc1ccc(NC(=O)[C@H](CC/C=C/C(=O)N(C)C)NC(=O)O)c(=O)n1Cc1nc2c(F)cnc(CC(C)C)c2[nH]1. The highest BCUT2D eigenvalue weighted by Crippen LogP contribution is 2.21. The molecule has 3 heterocycles. The Morgan fingerprint density at radius 3 is 2.64 bits per heavy atom. The summed E-state index contributed by atoms with van der Waals surface area (Å²) in [5.41, 5.74) is 1.00. The standard InChI is InChI=1S/C28H36FN7O6/c1-16(2)12-21-25-24(18(29)13-30-21)33-22(34-25)14-36-17(15-42-5)10-11-20(27(36)39)31-26(38)19(32-28(40)41)8-6-7-9-23(37)35(3)4/h7,9-11,13,16,19,32H,6,8,12,14-15H2,1-5H3,(H,31,38)(H,33,34)(H,40,41)/b9-7+/t19-/m0/s1. The lowest BCUT2D eigenvalue weighted by Crippen LogP contribution is -2.44. The molecule has 0 bridgehead atoms. The first kappa shape index (κ1) is 31.9. The summed E-state index contributed by atoms with van der Waals surface area (Å²) in [6.45, 7) is 4.02. The molecule has 0 aliphatic rings. The minimum Gasteiger partial charge on any atom is -0.465 e. The molecule has 3 rings (SSSR count). The van der Waals surface area contributed by atoms with Crippen LogP contribution < -0.4 is 16.2 Å². The maximum absolute atomic E-state index is 14.5. The molecular formula is C28H36FN7O6. The minimum absolute atomic E-state index is 0.0442. The molecule has 0 spiro atoms. The van der Waals surface area contributed by atoms with E-state index in [2.05, 4.69) is 25.6 Å². The van der Waals surface area contributed by atoms with Gasteiger partial charge in [0.05, 0.1) is 30.6 Å². The predicted molar refractivity (Wildman–Crippen MR) is 154 cm³/mol. The zero-order valence-electron chi connectivity index (χ0n) is 24.2. The maximum atomic E-state index is 14.5. The third-order valence-electron chi connectivity index (χ3n) is 6.26. The van der Waals surface area contributed by atoms with Crippen molar-refractivity contribution < 1.29 is 28.6 Å². The maximum Gasteiger partial charge on any atom is 0.405 e. The highest BCUT2D eigenvalue weighted by molar-refractivity contribution is 5.96. The van der Waals surface area contributed by atoms with Crippen LogP contribution in [0.15, 0.2) is 35.3 Å². The average molecular weight is 586 g/mol. The van der Waals surface area contributed by atoms with Gasteiger partial charge in [-0.2, -0.15) is 0 Å². The topological polar surface area (TPSA) is 172 Å². The van der Waals surface area contributed by atoms with E-state index in [0.717, 1.165) is 6.20 Å². The number of likely N-dealkylation sites (N-methyl/N-ethyl adjacent to an activating group) is 1. The van der Waals surface area contributed by atoms with Gasteiger partial charge in [-0.3, -0.25) is 19.4 Å². The Morgan fingerprint density at radius 1 is 1.26 bits per heavy atom. The summed E-state index contributed by atoms with van der Waals surface area (Å²) >= 11 is 0. The number of ether oxygens (including phenoxy) is 1. The van der Waals surface area contributed by atoms with E-state index in [4.69, 9.17) is 4.74 Å². The number of hydrogen-bond acceptors (Lipinski definition) is 7. The quantitative estimate of drug-likeness (QED) is 0.222. The van der Waals surface area contributed by atoms with Crippen molar-refractivity contribution in [1.29, 1.82) is 0 Å². The summed E-state index contributed by atoms with van der Waals surface area (Å²) in [4.78, 5) is 62.6. The largest absolute Gasteiger partial charge is 0.465 e. The summed E-state index contributed by atoms with van der Waals surface area (Å²) in [6.07, 6.45) is 3.45. The number of allylic oxidation sites excluding steroid dienone is 1. The van der Waals surface area contributed by atoms with Gasteiger partial charge in [0.2, 0.25) is 11.8 Å². The Kier molecular flexibility index (Phi) is 10.9. The molecule has 0 unspecified atom stereocenters. The molecule has 0 saturated carbocycles. The number of aromatic amines is 1. The summed E-state index contributed by atoms with van der Waals surface area (Å²) in [5.74, 6) is -1.02. The van der Waals surface area contributed by atoms with Crippen LogP contribution >= 0.6 is 0 Å². The molecule has 42 heavy (non-hydrogen) atoms. The first-order chi connectivity index (χ1) is 19.9.